The molecule has 0 aliphatic heterocycles. The van der Waals surface area contributed by atoms with Gasteiger partial charge in [-0.25, -0.2) is 9.50 Å². The maximum absolute atomic E-state index is 6.20. The highest BCUT2D eigenvalue weighted by Crippen LogP contribution is 2.26. The number of anilines is 1. The third-order valence-electron chi connectivity index (χ3n) is 5.92. The number of benzene rings is 2. The molecular weight excluding hydrogens is 442 g/mol. The molecular formula is C27H33N5O3. The van der Waals surface area contributed by atoms with Gasteiger partial charge in [0.1, 0.15) is 17.6 Å². The number of hydrogen-bond acceptors (Lipinski definition) is 7. The van der Waals surface area contributed by atoms with Gasteiger partial charge in [0.05, 0.1) is 14.2 Å². The van der Waals surface area contributed by atoms with Gasteiger partial charge in [0.2, 0.25) is 0 Å². The summed E-state index contributed by atoms with van der Waals surface area (Å²) in [6, 6.07) is 16.5. The van der Waals surface area contributed by atoms with Crippen LogP contribution in [0.5, 0.6) is 17.5 Å². The van der Waals surface area contributed by atoms with E-state index in [-0.39, 0.29) is 6.10 Å². The van der Waals surface area contributed by atoms with Gasteiger partial charge in [-0.3, -0.25) is 0 Å². The van der Waals surface area contributed by atoms with Crippen molar-refractivity contribution in [3.05, 3.63) is 72.1 Å². The maximum atomic E-state index is 6.20. The largest absolute Gasteiger partial charge is 0.497 e. The summed E-state index contributed by atoms with van der Waals surface area (Å²) >= 11 is 0. The van der Waals surface area contributed by atoms with E-state index >= 15 is 0 Å². The van der Waals surface area contributed by atoms with E-state index in [2.05, 4.69) is 53.1 Å². The van der Waals surface area contributed by atoms with Crippen LogP contribution >= 0.6 is 0 Å². The number of rotatable bonds is 12. The Morgan fingerprint density at radius 2 is 1.49 bits per heavy atom. The van der Waals surface area contributed by atoms with Crippen LogP contribution in [-0.2, 0) is 13.1 Å². The van der Waals surface area contributed by atoms with E-state index in [4.69, 9.17) is 19.2 Å². The topological polar surface area (TPSA) is 74.0 Å². The third-order valence-corrected chi connectivity index (χ3v) is 5.92. The Hall–Kier alpha value is -3.81. The molecule has 2 heterocycles. The summed E-state index contributed by atoms with van der Waals surface area (Å²) in [4.78, 5) is 11.6. The van der Waals surface area contributed by atoms with E-state index in [1.807, 2.05) is 30.5 Å². The van der Waals surface area contributed by atoms with Crippen LogP contribution in [0, 0.1) is 0 Å². The zero-order valence-corrected chi connectivity index (χ0v) is 20.8. The lowest BCUT2D eigenvalue weighted by Gasteiger charge is -2.25. The summed E-state index contributed by atoms with van der Waals surface area (Å²) < 4.78 is 18.6. The van der Waals surface area contributed by atoms with Gasteiger partial charge in [-0.15, -0.1) is 5.10 Å². The highest BCUT2D eigenvalue weighted by Gasteiger charge is 2.20. The fourth-order valence-electron chi connectivity index (χ4n) is 3.98. The Kier molecular flexibility index (Phi) is 8.03. The van der Waals surface area contributed by atoms with E-state index in [0.29, 0.717) is 24.7 Å². The lowest BCUT2D eigenvalue weighted by atomic mass is 10.1. The number of methoxy groups -OCH3 is 2. The quantitative estimate of drug-likeness (QED) is 0.275. The molecule has 0 N–H and O–H groups in total. The second kappa shape index (κ2) is 11.6. The molecule has 2 aromatic heterocycles. The first kappa shape index (κ1) is 24.3. The Morgan fingerprint density at radius 1 is 0.886 bits per heavy atom. The molecule has 0 fully saturated rings. The van der Waals surface area contributed by atoms with Crippen LogP contribution in [0.1, 0.15) is 44.2 Å². The third kappa shape index (κ3) is 6.01. The summed E-state index contributed by atoms with van der Waals surface area (Å²) in [7, 11) is 3.34. The second-order valence-electron chi connectivity index (χ2n) is 8.40. The zero-order chi connectivity index (χ0) is 24.6. The van der Waals surface area contributed by atoms with Crippen LogP contribution < -0.4 is 19.1 Å². The second-order valence-corrected chi connectivity index (χ2v) is 8.40. The highest BCUT2D eigenvalue weighted by atomic mass is 16.5. The number of hydrogen-bond donors (Lipinski definition) is 0. The van der Waals surface area contributed by atoms with Crippen LogP contribution in [0.2, 0.25) is 0 Å². The van der Waals surface area contributed by atoms with E-state index in [0.717, 1.165) is 47.7 Å². The number of fused-ring (bicyclic) bond motifs is 1. The Labute approximate surface area is 206 Å². The van der Waals surface area contributed by atoms with Crippen molar-refractivity contribution in [3.8, 4) is 17.5 Å². The lowest BCUT2D eigenvalue weighted by molar-refractivity contribution is 0.167. The van der Waals surface area contributed by atoms with Crippen molar-refractivity contribution in [2.45, 2.75) is 52.3 Å². The van der Waals surface area contributed by atoms with Gasteiger partial charge in [0, 0.05) is 25.5 Å². The van der Waals surface area contributed by atoms with Crippen LogP contribution in [-0.4, -0.2) is 39.9 Å². The summed E-state index contributed by atoms with van der Waals surface area (Å²) in [5, 5.41) is 4.57. The van der Waals surface area contributed by atoms with Gasteiger partial charge in [-0.1, -0.05) is 44.5 Å². The first-order valence-corrected chi connectivity index (χ1v) is 12.0. The molecule has 2 aromatic carbocycles. The van der Waals surface area contributed by atoms with Crippen LogP contribution in [0.4, 0.5) is 5.82 Å². The van der Waals surface area contributed by atoms with Gasteiger partial charge in [-0.05, 0) is 48.2 Å². The van der Waals surface area contributed by atoms with Crippen molar-refractivity contribution in [3.63, 3.8) is 0 Å². The first-order chi connectivity index (χ1) is 17.1. The van der Waals surface area contributed by atoms with E-state index in [1.165, 1.54) is 0 Å². The van der Waals surface area contributed by atoms with Crippen molar-refractivity contribution < 1.29 is 14.2 Å². The monoisotopic (exact) mass is 475 g/mol. The minimum atomic E-state index is 0.0745. The predicted octanol–water partition coefficient (Wildman–Crippen LogP) is 5.31. The minimum absolute atomic E-state index is 0.0745. The molecule has 0 spiro atoms. The Balaban J connectivity index is 1.72. The predicted molar refractivity (Wildman–Crippen MR) is 136 cm³/mol. The van der Waals surface area contributed by atoms with Gasteiger partial charge in [0.15, 0.2) is 11.5 Å². The molecule has 35 heavy (non-hydrogen) atoms. The molecule has 1 unspecified atom stereocenters. The van der Waals surface area contributed by atoms with Gasteiger partial charge < -0.3 is 19.1 Å². The van der Waals surface area contributed by atoms with Gasteiger partial charge in [-0.2, -0.15) is 4.98 Å². The smallest absolute Gasteiger partial charge is 0.336 e. The van der Waals surface area contributed by atoms with E-state index in [9.17, 15) is 0 Å². The SMILES string of the molecule is CCCC(CC)Oc1nc(N(Cc2ccc(OC)cc2)Cc2ccc(OC)cc2)c2nccn2n1. The molecule has 4 rings (SSSR count). The van der Waals surface area contributed by atoms with Crippen molar-refractivity contribution in [1.82, 2.24) is 19.6 Å². The van der Waals surface area contributed by atoms with Crippen molar-refractivity contribution in [1.29, 1.82) is 0 Å². The molecule has 0 bridgehead atoms. The molecule has 0 aliphatic rings. The molecule has 0 saturated carbocycles. The van der Waals surface area contributed by atoms with Gasteiger partial charge >= 0.3 is 6.01 Å². The maximum Gasteiger partial charge on any atom is 0.336 e. The summed E-state index contributed by atoms with van der Waals surface area (Å²) in [6.45, 7) is 5.53. The summed E-state index contributed by atoms with van der Waals surface area (Å²) in [5.41, 5.74) is 2.94. The highest BCUT2D eigenvalue weighted by molar-refractivity contribution is 5.64. The van der Waals surface area contributed by atoms with Crippen molar-refractivity contribution in [2.75, 3.05) is 19.1 Å². The molecule has 0 aliphatic carbocycles. The van der Waals surface area contributed by atoms with Crippen molar-refractivity contribution in [2.24, 2.45) is 0 Å². The molecule has 8 heteroatoms. The zero-order valence-electron chi connectivity index (χ0n) is 20.8. The molecule has 8 nitrogen and oxygen atoms in total. The minimum Gasteiger partial charge on any atom is -0.497 e. The molecule has 0 amide bonds. The van der Waals surface area contributed by atoms with Crippen molar-refractivity contribution >= 4 is 11.5 Å². The summed E-state index contributed by atoms with van der Waals surface area (Å²) in [6.07, 6.45) is 6.53. The number of aromatic nitrogens is 4. The summed E-state index contributed by atoms with van der Waals surface area (Å²) in [5.74, 6) is 2.37. The fraction of sp³-hybridized carbons (Fsp3) is 0.370. The molecule has 4 aromatic rings. The lowest BCUT2D eigenvalue weighted by Crippen LogP contribution is -2.25. The first-order valence-electron chi connectivity index (χ1n) is 12.0. The van der Waals surface area contributed by atoms with Gasteiger partial charge in [0.25, 0.3) is 0 Å². The Morgan fingerprint density at radius 3 is 2.00 bits per heavy atom. The number of imidazole rings is 1. The van der Waals surface area contributed by atoms with Crippen LogP contribution in [0.15, 0.2) is 60.9 Å². The number of nitrogens with zero attached hydrogens (tertiary/aromatic N) is 5. The fourth-order valence-corrected chi connectivity index (χ4v) is 3.98. The number of ether oxygens (including phenoxy) is 3. The normalized spacial score (nSPS) is 11.9. The van der Waals surface area contributed by atoms with E-state index in [1.54, 1.807) is 24.9 Å². The standard InChI is InChI=1S/C27H33N5O3/c1-5-7-22(6-2)35-27-29-26(25-28-16-17-32(25)30-27)31(18-20-8-12-23(33-3)13-9-20)19-21-10-14-24(34-4)15-11-21/h8-17,22H,5-7,18-19H2,1-4H3. The van der Waals surface area contributed by atoms with Crippen LogP contribution in [0.25, 0.3) is 5.65 Å². The Bertz CT molecular complexity index is 1160. The molecule has 184 valence electrons. The molecule has 1 atom stereocenters. The molecule has 0 saturated heterocycles. The van der Waals surface area contributed by atoms with E-state index < -0.39 is 0 Å². The van der Waals surface area contributed by atoms with Crippen LogP contribution in [0.3, 0.4) is 0 Å². The average molecular weight is 476 g/mol. The average Bonchev–Trinajstić information content (AvgIpc) is 3.37. The molecule has 0 radical (unpaired) electrons.